The molecule has 1 aromatic carbocycles. The second-order valence-electron chi connectivity index (χ2n) is 7.13. The molecule has 32 heavy (non-hydrogen) atoms. The molecular formula is C20H17ClF5NO5. The first kappa shape index (κ1) is 24.0. The summed E-state index contributed by atoms with van der Waals surface area (Å²) in [5.41, 5.74) is -0.120. The maximum Gasteiger partial charge on any atom is 0.395 e. The normalized spacial score (nSPS) is 17.0. The smallest absolute Gasteiger partial charge is 0.395 e. The Bertz CT molecular complexity index is 1060. The van der Waals surface area contributed by atoms with Crippen LogP contribution in [0, 0.1) is 5.92 Å². The van der Waals surface area contributed by atoms with E-state index < -0.39 is 62.3 Å². The molecule has 174 valence electrons. The van der Waals surface area contributed by atoms with Crippen LogP contribution < -0.4 is 10.3 Å². The Morgan fingerprint density at radius 2 is 2.00 bits per heavy atom. The zero-order valence-corrected chi connectivity index (χ0v) is 17.0. The van der Waals surface area contributed by atoms with Crippen LogP contribution in [-0.2, 0) is 16.0 Å². The van der Waals surface area contributed by atoms with E-state index in [1.165, 1.54) is 18.2 Å². The van der Waals surface area contributed by atoms with Crippen LogP contribution in [0.2, 0.25) is 5.02 Å². The molecule has 0 spiro atoms. The Labute approximate surface area is 183 Å². The molecule has 6 nitrogen and oxygen atoms in total. The number of rotatable bonds is 6. The Morgan fingerprint density at radius 3 is 2.62 bits per heavy atom. The van der Waals surface area contributed by atoms with Crippen LogP contribution in [0.3, 0.4) is 0 Å². The fourth-order valence-electron chi connectivity index (χ4n) is 3.45. The predicted octanol–water partition coefficient (Wildman–Crippen LogP) is 4.54. The van der Waals surface area contributed by atoms with E-state index in [1.54, 1.807) is 0 Å². The van der Waals surface area contributed by atoms with E-state index in [1.807, 2.05) is 0 Å². The summed E-state index contributed by atoms with van der Waals surface area (Å²) in [6.45, 7) is -4.54. The quantitative estimate of drug-likeness (QED) is 0.613. The van der Waals surface area contributed by atoms with Crippen molar-refractivity contribution in [3.05, 3.63) is 51.4 Å². The molecule has 2 atom stereocenters. The lowest BCUT2D eigenvalue weighted by molar-refractivity contribution is -0.181. The van der Waals surface area contributed by atoms with E-state index in [4.69, 9.17) is 16.3 Å². The van der Waals surface area contributed by atoms with Crippen molar-refractivity contribution in [1.29, 1.82) is 0 Å². The Kier molecular flexibility index (Phi) is 7.09. The van der Waals surface area contributed by atoms with Gasteiger partial charge in [0.05, 0.1) is 18.7 Å². The van der Waals surface area contributed by atoms with Crippen molar-refractivity contribution in [2.45, 2.75) is 31.7 Å². The number of alkyl halides is 5. The lowest BCUT2D eigenvalue weighted by atomic mass is 9.91. The highest BCUT2D eigenvalue weighted by atomic mass is 35.5. The molecule has 0 amide bonds. The van der Waals surface area contributed by atoms with Crippen molar-refractivity contribution >= 4 is 17.6 Å². The van der Waals surface area contributed by atoms with E-state index in [0.29, 0.717) is 10.1 Å². The molecule has 1 aromatic heterocycles. The number of carbonyl (C=O) groups is 1. The van der Waals surface area contributed by atoms with Gasteiger partial charge in [0.1, 0.15) is 18.4 Å². The maximum atomic E-state index is 13.5. The van der Waals surface area contributed by atoms with Crippen LogP contribution in [0.1, 0.15) is 18.0 Å². The molecule has 3 rings (SSSR count). The molecule has 2 heterocycles. The third-order valence-corrected chi connectivity index (χ3v) is 5.27. The van der Waals surface area contributed by atoms with Gasteiger partial charge in [-0.3, -0.25) is 9.36 Å². The second kappa shape index (κ2) is 9.45. The van der Waals surface area contributed by atoms with Gasteiger partial charge in [-0.25, -0.2) is 4.79 Å². The number of aromatic nitrogens is 1. The number of hydrogen-bond acceptors (Lipinski definition) is 4. The minimum Gasteiger partial charge on any atom is -0.491 e. The fourth-order valence-corrected chi connectivity index (χ4v) is 3.62. The fraction of sp³-hybridized carbons (Fsp3) is 0.400. The van der Waals surface area contributed by atoms with Crippen LogP contribution in [-0.4, -0.2) is 41.6 Å². The molecule has 0 saturated carbocycles. The summed E-state index contributed by atoms with van der Waals surface area (Å²) in [4.78, 5) is 24.3. The monoisotopic (exact) mass is 481 g/mol. The summed E-state index contributed by atoms with van der Waals surface area (Å²) >= 11 is 6.01. The average Bonchev–Trinajstić information content (AvgIpc) is 2.67. The molecule has 2 aromatic rings. The van der Waals surface area contributed by atoms with Gasteiger partial charge < -0.3 is 14.6 Å². The van der Waals surface area contributed by atoms with E-state index in [2.05, 4.69) is 4.74 Å². The van der Waals surface area contributed by atoms with Gasteiger partial charge in [0.2, 0.25) is 0 Å². The second-order valence-corrected chi connectivity index (χ2v) is 7.56. The standard InChI is InChI=1S/C20H17ClF5NO5/c21-12-2-1-10-5-11(20(24,25)26)9-32-16-8-27(17(28)7-14(16)13(10)6-12)15(18(29)30)3-4-31-19(22)23/h1-2,6-8,11,15,19H,3-5,9H2,(H,29,30). The lowest BCUT2D eigenvalue weighted by Crippen LogP contribution is -2.33. The highest BCUT2D eigenvalue weighted by Gasteiger charge is 2.41. The molecule has 1 N–H and O–H groups in total. The third-order valence-electron chi connectivity index (χ3n) is 5.03. The Balaban J connectivity index is 2.09. The van der Waals surface area contributed by atoms with Gasteiger partial charge in [0.15, 0.2) is 0 Å². The largest absolute Gasteiger partial charge is 0.491 e. The summed E-state index contributed by atoms with van der Waals surface area (Å²) < 4.78 is 75.0. The van der Waals surface area contributed by atoms with Crippen LogP contribution in [0.25, 0.3) is 11.1 Å². The number of hydrogen-bond donors (Lipinski definition) is 1. The first-order valence-electron chi connectivity index (χ1n) is 9.34. The third kappa shape index (κ3) is 5.39. The van der Waals surface area contributed by atoms with Crippen LogP contribution in [0.15, 0.2) is 35.3 Å². The zero-order valence-electron chi connectivity index (χ0n) is 16.2. The molecule has 0 bridgehead atoms. The van der Waals surface area contributed by atoms with Gasteiger partial charge in [0.25, 0.3) is 5.56 Å². The number of carboxylic acid groups (broad SMARTS) is 1. The topological polar surface area (TPSA) is 77.8 Å². The van der Waals surface area contributed by atoms with Crippen LogP contribution in [0.5, 0.6) is 5.75 Å². The number of nitrogens with zero attached hydrogens (tertiary/aromatic N) is 1. The molecule has 1 aliphatic heterocycles. The lowest BCUT2D eigenvalue weighted by Gasteiger charge is -2.27. The molecule has 0 aliphatic carbocycles. The molecule has 0 saturated heterocycles. The summed E-state index contributed by atoms with van der Waals surface area (Å²) in [7, 11) is 0. The number of carboxylic acids is 1. The van der Waals surface area contributed by atoms with Crippen LogP contribution in [0.4, 0.5) is 22.0 Å². The minimum atomic E-state index is -4.57. The van der Waals surface area contributed by atoms with E-state index in [-0.39, 0.29) is 21.9 Å². The zero-order chi connectivity index (χ0) is 23.6. The van der Waals surface area contributed by atoms with E-state index in [9.17, 15) is 36.6 Å². The highest BCUT2D eigenvalue weighted by Crippen LogP contribution is 2.40. The Hall–Kier alpha value is -2.66. The average molecular weight is 482 g/mol. The first-order valence-corrected chi connectivity index (χ1v) is 9.72. The predicted molar refractivity (Wildman–Crippen MR) is 103 cm³/mol. The SMILES string of the molecule is O=C(O)C(CCOC(F)F)n1cc2c(cc1=O)-c1cc(Cl)ccc1CC(C(F)(F)F)CO2. The van der Waals surface area contributed by atoms with Crippen molar-refractivity contribution in [1.82, 2.24) is 4.57 Å². The first-order chi connectivity index (χ1) is 15.0. The molecular weight excluding hydrogens is 465 g/mol. The van der Waals surface area contributed by atoms with Gasteiger partial charge >= 0.3 is 18.8 Å². The Morgan fingerprint density at radius 1 is 1.28 bits per heavy atom. The van der Waals surface area contributed by atoms with Gasteiger partial charge in [-0.05, 0) is 29.7 Å². The van der Waals surface area contributed by atoms with E-state index >= 15 is 0 Å². The van der Waals surface area contributed by atoms with Crippen molar-refractivity contribution in [3.8, 4) is 16.9 Å². The number of halogens is 6. The summed E-state index contributed by atoms with van der Waals surface area (Å²) in [6.07, 6.45) is -4.48. The molecule has 1 aliphatic rings. The molecule has 2 unspecified atom stereocenters. The van der Waals surface area contributed by atoms with Gasteiger partial charge in [-0.1, -0.05) is 17.7 Å². The number of fused-ring (bicyclic) bond motifs is 3. The molecule has 0 fully saturated rings. The van der Waals surface area contributed by atoms with Gasteiger partial charge in [0, 0.05) is 23.1 Å². The highest BCUT2D eigenvalue weighted by molar-refractivity contribution is 6.30. The van der Waals surface area contributed by atoms with Crippen molar-refractivity contribution in [2.75, 3.05) is 13.2 Å². The minimum absolute atomic E-state index is 0.150. The summed E-state index contributed by atoms with van der Waals surface area (Å²) in [5, 5.41) is 9.67. The van der Waals surface area contributed by atoms with Crippen molar-refractivity contribution in [2.24, 2.45) is 5.92 Å². The number of aliphatic carboxylic acids is 1. The number of ether oxygens (including phenoxy) is 2. The number of pyridine rings is 1. The molecule has 12 heteroatoms. The van der Waals surface area contributed by atoms with Gasteiger partial charge in [-0.15, -0.1) is 0 Å². The van der Waals surface area contributed by atoms with E-state index in [0.717, 1.165) is 12.3 Å². The summed E-state index contributed by atoms with van der Waals surface area (Å²) in [5.74, 6) is -3.53. The number of benzene rings is 1. The summed E-state index contributed by atoms with van der Waals surface area (Å²) in [6, 6.07) is 3.69. The maximum absolute atomic E-state index is 13.5. The van der Waals surface area contributed by atoms with Crippen LogP contribution >= 0.6 is 11.6 Å². The van der Waals surface area contributed by atoms with Crippen molar-refractivity contribution in [3.63, 3.8) is 0 Å². The van der Waals surface area contributed by atoms with Crippen molar-refractivity contribution < 1.29 is 41.3 Å². The van der Waals surface area contributed by atoms with Gasteiger partial charge in [-0.2, -0.15) is 22.0 Å². The molecule has 0 radical (unpaired) electrons.